The van der Waals surface area contributed by atoms with Gasteiger partial charge in [-0.15, -0.1) is 0 Å². The third-order valence-corrected chi connectivity index (χ3v) is 4.05. The van der Waals surface area contributed by atoms with Gasteiger partial charge in [-0.1, -0.05) is 5.16 Å². The average Bonchev–Trinajstić information content (AvgIpc) is 3.17. The highest BCUT2D eigenvalue weighted by Gasteiger charge is 2.23. The van der Waals surface area contributed by atoms with Crippen LogP contribution < -0.4 is 15.2 Å². The van der Waals surface area contributed by atoms with Gasteiger partial charge in [0.2, 0.25) is 11.7 Å². The lowest BCUT2D eigenvalue weighted by atomic mass is 10.1. The van der Waals surface area contributed by atoms with Gasteiger partial charge in [0.15, 0.2) is 11.5 Å². The number of aromatic nitrogens is 4. The summed E-state index contributed by atoms with van der Waals surface area (Å²) < 4.78 is 11.3. The Hall–Kier alpha value is -3.49. The topological polar surface area (TPSA) is 103 Å². The number of rotatable bonds is 7. The van der Waals surface area contributed by atoms with Gasteiger partial charge in [0, 0.05) is 45.0 Å². The van der Waals surface area contributed by atoms with Gasteiger partial charge in [-0.25, -0.2) is 4.98 Å². The summed E-state index contributed by atoms with van der Waals surface area (Å²) in [6.45, 7) is 0.494. The molecule has 3 heterocycles. The van der Waals surface area contributed by atoms with Gasteiger partial charge < -0.3 is 14.2 Å². The molecule has 0 radical (unpaired) electrons. The molecule has 0 unspecified atom stereocenters. The molecular formula is C18H19N5O4. The Labute approximate surface area is 155 Å². The Morgan fingerprint density at radius 2 is 2.04 bits per heavy atom. The molecule has 0 amide bonds. The molecule has 27 heavy (non-hydrogen) atoms. The molecule has 0 spiro atoms. The van der Waals surface area contributed by atoms with Gasteiger partial charge in [0.1, 0.15) is 6.26 Å². The molecule has 0 saturated carbocycles. The summed E-state index contributed by atoms with van der Waals surface area (Å²) in [7, 11) is 4.72. The van der Waals surface area contributed by atoms with Crippen LogP contribution in [-0.4, -0.2) is 39.6 Å². The standard InChI is InChI=1S/C18H19N5O4/c1-22(10-12-4-6-19-7-5-12)18-21-15(16(26-3)17(25)23(18)2)14(24)8-13-9-20-27-11-13/h4-7,9,11H,8,10H2,1-3H3. The first-order valence-electron chi connectivity index (χ1n) is 8.17. The van der Waals surface area contributed by atoms with E-state index in [1.54, 1.807) is 31.4 Å². The van der Waals surface area contributed by atoms with Crippen LogP contribution in [0.2, 0.25) is 0 Å². The predicted octanol–water partition coefficient (Wildman–Crippen LogP) is 1.23. The minimum absolute atomic E-state index is 0.00748. The van der Waals surface area contributed by atoms with E-state index in [-0.39, 0.29) is 23.6 Å². The minimum Gasteiger partial charge on any atom is -0.489 e. The number of hydrogen-bond donors (Lipinski definition) is 0. The number of anilines is 1. The number of carbonyl (C=O) groups is 1. The Morgan fingerprint density at radius 3 is 2.67 bits per heavy atom. The van der Waals surface area contributed by atoms with E-state index < -0.39 is 5.56 Å². The van der Waals surface area contributed by atoms with Crippen molar-refractivity contribution in [3.8, 4) is 5.75 Å². The van der Waals surface area contributed by atoms with Crippen molar-refractivity contribution in [1.29, 1.82) is 0 Å². The molecule has 0 fully saturated rings. The zero-order valence-electron chi connectivity index (χ0n) is 15.2. The van der Waals surface area contributed by atoms with Crippen molar-refractivity contribution in [2.75, 3.05) is 19.1 Å². The van der Waals surface area contributed by atoms with Gasteiger partial charge in [0.05, 0.1) is 13.3 Å². The molecule has 3 aromatic heterocycles. The first-order valence-corrected chi connectivity index (χ1v) is 8.17. The Balaban J connectivity index is 1.98. The maximum absolute atomic E-state index is 12.7. The van der Waals surface area contributed by atoms with Crippen LogP contribution in [0, 0.1) is 0 Å². The van der Waals surface area contributed by atoms with Crippen molar-refractivity contribution in [2.45, 2.75) is 13.0 Å². The Kier molecular flexibility index (Phi) is 5.30. The summed E-state index contributed by atoms with van der Waals surface area (Å²) in [5.41, 5.74) is 1.14. The van der Waals surface area contributed by atoms with Crippen LogP contribution in [0.3, 0.4) is 0 Å². The normalized spacial score (nSPS) is 10.6. The third kappa shape index (κ3) is 3.86. The van der Waals surface area contributed by atoms with Gasteiger partial charge in [-0.05, 0) is 17.7 Å². The van der Waals surface area contributed by atoms with Crippen LogP contribution in [0.15, 0.2) is 46.3 Å². The maximum Gasteiger partial charge on any atom is 0.297 e. The first-order chi connectivity index (χ1) is 13.0. The van der Waals surface area contributed by atoms with Crippen molar-refractivity contribution in [1.82, 2.24) is 19.7 Å². The number of pyridine rings is 1. The van der Waals surface area contributed by atoms with E-state index in [0.29, 0.717) is 18.1 Å². The van der Waals surface area contributed by atoms with Gasteiger partial charge in [-0.3, -0.25) is 19.1 Å². The molecule has 0 aromatic carbocycles. The lowest BCUT2D eigenvalue weighted by Gasteiger charge is -2.22. The second-order valence-corrected chi connectivity index (χ2v) is 6.00. The Morgan fingerprint density at radius 1 is 1.30 bits per heavy atom. The summed E-state index contributed by atoms with van der Waals surface area (Å²) in [5, 5.41) is 3.58. The number of ether oxygens (including phenoxy) is 1. The maximum atomic E-state index is 12.7. The fourth-order valence-electron chi connectivity index (χ4n) is 2.70. The molecule has 0 aliphatic heterocycles. The van der Waals surface area contributed by atoms with Crippen LogP contribution in [0.5, 0.6) is 5.75 Å². The fourth-order valence-corrected chi connectivity index (χ4v) is 2.70. The van der Waals surface area contributed by atoms with E-state index in [2.05, 4.69) is 15.1 Å². The summed E-state index contributed by atoms with van der Waals surface area (Å²) in [6.07, 6.45) is 6.21. The van der Waals surface area contributed by atoms with Crippen LogP contribution in [-0.2, 0) is 20.0 Å². The number of Topliss-reactive ketones (excluding diaryl/α,β-unsaturated/α-hetero) is 1. The average molecular weight is 369 g/mol. The first kappa shape index (κ1) is 18.3. The van der Waals surface area contributed by atoms with Crippen LogP contribution in [0.25, 0.3) is 0 Å². The number of nitrogens with zero attached hydrogens (tertiary/aromatic N) is 5. The molecule has 9 nitrogen and oxygen atoms in total. The number of carbonyl (C=O) groups excluding carboxylic acids is 1. The highest BCUT2D eigenvalue weighted by molar-refractivity contribution is 5.98. The Bertz CT molecular complexity index is 983. The highest BCUT2D eigenvalue weighted by Crippen LogP contribution is 2.19. The zero-order chi connectivity index (χ0) is 19.4. The molecule has 0 aliphatic rings. The molecule has 0 aliphatic carbocycles. The van der Waals surface area contributed by atoms with Gasteiger partial charge >= 0.3 is 0 Å². The number of hydrogen-bond acceptors (Lipinski definition) is 8. The molecular weight excluding hydrogens is 350 g/mol. The largest absolute Gasteiger partial charge is 0.489 e. The monoisotopic (exact) mass is 369 g/mol. The summed E-state index contributed by atoms with van der Waals surface area (Å²) in [5.74, 6) is -0.0855. The third-order valence-electron chi connectivity index (χ3n) is 4.05. The summed E-state index contributed by atoms with van der Waals surface area (Å²) in [6, 6.07) is 3.74. The second kappa shape index (κ2) is 7.81. The van der Waals surface area contributed by atoms with E-state index in [9.17, 15) is 9.59 Å². The van der Waals surface area contributed by atoms with Crippen molar-refractivity contribution >= 4 is 11.7 Å². The van der Waals surface area contributed by atoms with E-state index >= 15 is 0 Å². The van der Waals surface area contributed by atoms with Crippen LogP contribution >= 0.6 is 0 Å². The van der Waals surface area contributed by atoms with Crippen molar-refractivity contribution in [3.05, 3.63) is 64.2 Å². The quantitative estimate of drug-likeness (QED) is 0.573. The SMILES string of the molecule is COc1c(C(=O)Cc2cnoc2)nc(N(C)Cc2ccncc2)n(C)c1=O. The second-order valence-electron chi connectivity index (χ2n) is 6.00. The zero-order valence-corrected chi connectivity index (χ0v) is 15.2. The molecule has 0 atom stereocenters. The fraction of sp³-hybridized carbons (Fsp3) is 0.278. The molecule has 0 saturated heterocycles. The van der Waals surface area contributed by atoms with Crippen molar-refractivity contribution in [2.24, 2.45) is 7.05 Å². The molecule has 0 N–H and O–H groups in total. The molecule has 3 aromatic rings. The van der Waals surface area contributed by atoms with E-state index in [1.165, 1.54) is 24.1 Å². The molecule has 3 rings (SSSR count). The lowest BCUT2D eigenvalue weighted by molar-refractivity contribution is 0.0984. The lowest BCUT2D eigenvalue weighted by Crippen LogP contribution is -2.31. The van der Waals surface area contributed by atoms with Crippen molar-refractivity contribution in [3.63, 3.8) is 0 Å². The summed E-state index contributed by atoms with van der Waals surface area (Å²) >= 11 is 0. The van der Waals surface area contributed by atoms with Crippen LogP contribution in [0.1, 0.15) is 21.6 Å². The van der Waals surface area contributed by atoms with Gasteiger partial charge in [-0.2, -0.15) is 0 Å². The van der Waals surface area contributed by atoms with Crippen molar-refractivity contribution < 1.29 is 14.1 Å². The van der Waals surface area contributed by atoms with Gasteiger partial charge in [0.25, 0.3) is 5.56 Å². The number of ketones is 1. The van der Waals surface area contributed by atoms with E-state index in [1.807, 2.05) is 12.1 Å². The minimum atomic E-state index is -0.433. The molecule has 9 heteroatoms. The molecule has 140 valence electrons. The summed E-state index contributed by atoms with van der Waals surface area (Å²) in [4.78, 5) is 35.6. The highest BCUT2D eigenvalue weighted by atomic mass is 16.5. The number of methoxy groups -OCH3 is 1. The van der Waals surface area contributed by atoms with Crippen LogP contribution in [0.4, 0.5) is 5.95 Å². The predicted molar refractivity (Wildman–Crippen MR) is 96.9 cm³/mol. The smallest absolute Gasteiger partial charge is 0.297 e. The molecule has 0 bridgehead atoms. The van der Waals surface area contributed by atoms with E-state index in [4.69, 9.17) is 9.26 Å². The van der Waals surface area contributed by atoms with E-state index in [0.717, 1.165) is 5.56 Å².